The van der Waals surface area contributed by atoms with Crippen LogP contribution in [0.2, 0.25) is 10.3 Å². The number of aromatic nitrogens is 2. The Morgan fingerprint density at radius 3 is 2.40 bits per heavy atom. The van der Waals surface area contributed by atoms with Gasteiger partial charge in [0, 0.05) is 22.0 Å². The number of fused-ring (bicyclic) bond motifs is 1. The van der Waals surface area contributed by atoms with Crippen molar-refractivity contribution in [1.29, 1.82) is 5.26 Å². The van der Waals surface area contributed by atoms with Gasteiger partial charge < -0.3 is 5.73 Å². The van der Waals surface area contributed by atoms with E-state index in [0.29, 0.717) is 21.7 Å². The third kappa shape index (κ3) is 3.30. The number of nitrogens with zero attached hydrogens (tertiary/aromatic N) is 3. The third-order valence-corrected chi connectivity index (χ3v) is 4.33. The number of aryl methyl sites for hydroxylation is 2. The van der Waals surface area contributed by atoms with Crippen molar-refractivity contribution in [2.75, 3.05) is 5.73 Å². The van der Waals surface area contributed by atoms with Crippen molar-refractivity contribution < 1.29 is 0 Å². The number of nitrogens with two attached hydrogens (primary N) is 1. The van der Waals surface area contributed by atoms with E-state index < -0.39 is 0 Å². The molecule has 3 rings (SSSR count). The van der Waals surface area contributed by atoms with Crippen LogP contribution in [0.3, 0.4) is 0 Å². The zero-order valence-corrected chi connectivity index (χ0v) is 15.2. The van der Waals surface area contributed by atoms with Crippen LogP contribution in [0.25, 0.3) is 28.1 Å². The van der Waals surface area contributed by atoms with Gasteiger partial charge in [-0.05, 0) is 65.9 Å². The molecule has 0 atom stereocenters. The van der Waals surface area contributed by atoms with Gasteiger partial charge in [0.15, 0.2) is 0 Å². The quantitative estimate of drug-likeness (QED) is 0.489. The van der Waals surface area contributed by atoms with Crippen molar-refractivity contribution in [2.45, 2.75) is 13.8 Å². The molecule has 0 spiro atoms. The van der Waals surface area contributed by atoms with Crippen LogP contribution in [-0.4, -0.2) is 9.97 Å². The molecule has 1 heterocycles. The molecule has 124 valence electrons. The zero-order chi connectivity index (χ0) is 18.1. The minimum Gasteiger partial charge on any atom is -0.383 e. The SMILES string of the molecule is Cc1cc(C=CC#N)cc(C)c1-c1cc(Cl)cc2c(N)nc(Cl)nc12. The van der Waals surface area contributed by atoms with E-state index in [1.165, 1.54) is 6.08 Å². The Labute approximate surface area is 155 Å². The van der Waals surface area contributed by atoms with E-state index >= 15 is 0 Å². The molecule has 6 heteroatoms. The van der Waals surface area contributed by atoms with E-state index in [4.69, 9.17) is 34.2 Å². The summed E-state index contributed by atoms with van der Waals surface area (Å²) in [7, 11) is 0. The zero-order valence-electron chi connectivity index (χ0n) is 13.6. The van der Waals surface area contributed by atoms with Crippen molar-refractivity contribution in [2.24, 2.45) is 0 Å². The molecule has 0 bridgehead atoms. The average molecular weight is 369 g/mol. The molecular weight excluding hydrogens is 355 g/mol. The number of hydrogen-bond donors (Lipinski definition) is 1. The predicted molar refractivity (Wildman–Crippen MR) is 104 cm³/mol. The lowest BCUT2D eigenvalue weighted by molar-refractivity contribution is 1.23. The van der Waals surface area contributed by atoms with Gasteiger partial charge in [0.1, 0.15) is 5.82 Å². The van der Waals surface area contributed by atoms with Crippen LogP contribution in [0.1, 0.15) is 16.7 Å². The lowest BCUT2D eigenvalue weighted by Gasteiger charge is -2.15. The first-order valence-corrected chi connectivity index (χ1v) is 8.26. The van der Waals surface area contributed by atoms with Crippen LogP contribution < -0.4 is 5.73 Å². The average Bonchev–Trinajstić information content (AvgIpc) is 2.53. The van der Waals surface area contributed by atoms with Gasteiger partial charge in [-0.15, -0.1) is 0 Å². The smallest absolute Gasteiger partial charge is 0.224 e. The second kappa shape index (κ2) is 6.72. The fourth-order valence-corrected chi connectivity index (χ4v) is 3.43. The summed E-state index contributed by atoms with van der Waals surface area (Å²) >= 11 is 12.3. The summed E-state index contributed by atoms with van der Waals surface area (Å²) in [5, 5.41) is 10.0. The van der Waals surface area contributed by atoms with Gasteiger partial charge in [-0.25, -0.2) is 9.97 Å². The van der Waals surface area contributed by atoms with Gasteiger partial charge in [-0.3, -0.25) is 0 Å². The minimum atomic E-state index is 0.0949. The molecule has 0 fully saturated rings. The van der Waals surface area contributed by atoms with Crippen molar-refractivity contribution in [1.82, 2.24) is 9.97 Å². The summed E-state index contributed by atoms with van der Waals surface area (Å²) < 4.78 is 0. The van der Waals surface area contributed by atoms with Crippen LogP contribution in [0.4, 0.5) is 5.82 Å². The first kappa shape index (κ1) is 17.2. The number of hydrogen-bond acceptors (Lipinski definition) is 4. The minimum absolute atomic E-state index is 0.0949. The monoisotopic (exact) mass is 368 g/mol. The summed E-state index contributed by atoms with van der Waals surface area (Å²) in [5.41, 5.74) is 11.5. The fourth-order valence-electron chi connectivity index (χ4n) is 3.03. The Morgan fingerprint density at radius 1 is 1.08 bits per heavy atom. The van der Waals surface area contributed by atoms with Gasteiger partial charge >= 0.3 is 0 Å². The summed E-state index contributed by atoms with van der Waals surface area (Å²) in [5.74, 6) is 0.294. The molecule has 0 aliphatic carbocycles. The summed E-state index contributed by atoms with van der Waals surface area (Å²) in [6, 6.07) is 9.61. The number of nitriles is 1. The largest absolute Gasteiger partial charge is 0.383 e. The molecule has 0 aliphatic heterocycles. The number of allylic oxidation sites excluding steroid dienone is 1. The Balaban J connectivity index is 2.34. The van der Waals surface area contributed by atoms with Gasteiger partial charge in [0.05, 0.1) is 11.6 Å². The maximum atomic E-state index is 8.71. The molecule has 2 aromatic carbocycles. The van der Waals surface area contributed by atoms with Crippen molar-refractivity contribution in [3.05, 3.63) is 57.3 Å². The van der Waals surface area contributed by atoms with Crippen LogP contribution in [0.15, 0.2) is 30.3 Å². The molecule has 3 aromatic rings. The lowest BCUT2D eigenvalue weighted by Crippen LogP contribution is -1.98. The summed E-state index contributed by atoms with van der Waals surface area (Å²) in [4.78, 5) is 8.37. The standard InChI is InChI=1S/C19H14Cl2N4/c1-10-6-12(4-3-5-22)7-11(2)16(10)14-8-13(20)9-15-17(14)24-19(21)25-18(15)23/h3-4,6-9H,1-2H3,(H2,23,24,25). The number of halogens is 2. The molecule has 0 saturated carbocycles. The molecule has 4 nitrogen and oxygen atoms in total. The third-order valence-electron chi connectivity index (χ3n) is 3.94. The van der Waals surface area contributed by atoms with Crippen LogP contribution in [0, 0.1) is 25.2 Å². The number of rotatable bonds is 2. The maximum Gasteiger partial charge on any atom is 0.224 e. The Morgan fingerprint density at radius 2 is 1.76 bits per heavy atom. The van der Waals surface area contributed by atoms with Gasteiger partial charge in [0.2, 0.25) is 5.28 Å². The fraction of sp³-hybridized carbons (Fsp3) is 0.105. The molecule has 0 unspecified atom stereocenters. The van der Waals surface area contributed by atoms with E-state index in [1.807, 2.05) is 38.1 Å². The van der Waals surface area contributed by atoms with Crippen LogP contribution in [-0.2, 0) is 0 Å². The lowest BCUT2D eigenvalue weighted by atomic mass is 9.92. The summed E-state index contributed by atoms with van der Waals surface area (Å²) in [6.07, 6.45) is 3.23. The predicted octanol–water partition coefficient (Wildman–Crippen LogP) is 5.34. The number of anilines is 1. The topological polar surface area (TPSA) is 75.6 Å². The molecule has 0 radical (unpaired) electrons. The van der Waals surface area contributed by atoms with E-state index in [2.05, 4.69) is 9.97 Å². The molecule has 1 aromatic heterocycles. The highest BCUT2D eigenvalue weighted by molar-refractivity contribution is 6.32. The second-order valence-electron chi connectivity index (χ2n) is 5.72. The van der Waals surface area contributed by atoms with E-state index in [9.17, 15) is 0 Å². The Bertz CT molecular complexity index is 1040. The van der Waals surface area contributed by atoms with Crippen molar-refractivity contribution >= 4 is 46.0 Å². The molecule has 0 saturated heterocycles. The van der Waals surface area contributed by atoms with Gasteiger partial charge in [-0.2, -0.15) is 5.26 Å². The van der Waals surface area contributed by atoms with E-state index in [0.717, 1.165) is 27.8 Å². The van der Waals surface area contributed by atoms with Crippen LogP contribution in [0.5, 0.6) is 0 Å². The van der Waals surface area contributed by atoms with Gasteiger partial charge in [-0.1, -0.05) is 23.7 Å². The molecule has 0 aliphatic rings. The maximum absolute atomic E-state index is 8.71. The van der Waals surface area contributed by atoms with E-state index in [-0.39, 0.29) is 5.28 Å². The number of nitrogen functional groups attached to an aromatic ring is 1. The molecular formula is C19H14Cl2N4. The highest BCUT2D eigenvalue weighted by Crippen LogP contribution is 2.37. The van der Waals surface area contributed by atoms with Crippen molar-refractivity contribution in [3.8, 4) is 17.2 Å². The summed E-state index contributed by atoms with van der Waals surface area (Å²) in [6.45, 7) is 4.01. The molecule has 2 N–H and O–H groups in total. The normalized spacial score (nSPS) is 11.2. The van der Waals surface area contributed by atoms with Crippen LogP contribution >= 0.6 is 23.2 Å². The van der Waals surface area contributed by atoms with Crippen molar-refractivity contribution in [3.63, 3.8) is 0 Å². The molecule has 0 amide bonds. The number of benzene rings is 2. The highest BCUT2D eigenvalue weighted by Gasteiger charge is 2.15. The van der Waals surface area contributed by atoms with E-state index in [1.54, 1.807) is 12.1 Å². The second-order valence-corrected chi connectivity index (χ2v) is 6.49. The highest BCUT2D eigenvalue weighted by atomic mass is 35.5. The Kier molecular flexibility index (Phi) is 4.63. The van der Waals surface area contributed by atoms with Gasteiger partial charge in [0.25, 0.3) is 0 Å². The first-order valence-electron chi connectivity index (χ1n) is 7.50. The first-order chi connectivity index (χ1) is 11.9. The Hall–Kier alpha value is -2.61. The molecule has 25 heavy (non-hydrogen) atoms.